The number of benzene rings is 1. The van der Waals surface area contributed by atoms with Gasteiger partial charge in [0, 0.05) is 25.5 Å². The Bertz CT molecular complexity index is 770. The minimum absolute atomic E-state index is 0.160. The highest BCUT2D eigenvalue weighted by molar-refractivity contribution is 5.99. The van der Waals surface area contributed by atoms with Crippen molar-refractivity contribution in [2.24, 2.45) is 0 Å². The van der Waals surface area contributed by atoms with Crippen LogP contribution in [0.1, 0.15) is 26.3 Å². The number of carbonyl (C=O) groups is 2. The maximum absolute atomic E-state index is 11.9. The van der Waals surface area contributed by atoms with Gasteiger partial charge >= 0.3 is 5.97 Å². The number of methoxy groups -OCH3 is 1. The predicted molar refractivity (Wildman–Crippen MR) is 88.0 cm³/mol. The summed E-state index contributed by atoms with van der Waals surface area (Å²) >= 11 is 0. The lowest BCUT2D eigenvalue weighted by Crippen LogP contribution is -2.35. The van der Waals surface area contributed by atoms with E-state index in [1.807, 2.05) is 12.1 Å². The second-order valence-corrected chi connectivity index (χ2v) is 5.54. The van der Waals surface area contributed by atoms with Crippen LogP contribution in [-0.2, 0) is 19.1 Å². The molecule has 24 heavy (non-hydrogen) atoms. The summed E-state index contributed by atoms with van der Waals surface area (Å²) < 4.78 is 15.6. The largest absolute Gasteiger partial charge is 0.497 e. The standard InChI is InChI=1S/C19H18O5/c1-13(20)16(17-12-18(21)24-19(2,3)23-17)7-5-6-14-8-10-15(22-4)11-9-14/h7-12H,1-4H3/b16-7-. The van der Waals surface area contributed by atoms with Gasteiger partial charge in [-0.25, -0.2) is 4.79 Å². The Hall–Kier alpha value is -3.00. The fraction of sp³-hybridized carbons (Fsp3) is 0.263. The van der Waals surface area contributed by atoms with Crippen molar-refractivity contribution in [3.05, 3.63) is 53.3 Å². The van der Waals surface area contributed by atoms with Crippen LogP contribution in [0.5, 0.6) is 5.75 Å². The fourth-order valence-corrected chi connectivity index (χ4v) is 2.04. The van der Waals surface area contributed by atoms with Gasteiger partial charge in [0.15, 0.2) is 5.78 Å². The van der Waals surface area contributed by atoms with E-state index in [-0.39, 0.29) is 17.1 Å². The van der Waals surface area contributed by atoms with Gasteiger partial charge in [0.25, 0.3) is 0 Å². The van der Waals surface area contributed by atoms with Gasteiger partial charge in [0.1, 0.15) is 11.5 Å². The first kappa shape index (κ1) is 17.4. The molecule has 0 unspecified atom stereocenters. The Morgan fingerprint density at radius 1 is 1.21 bits per heavy atom. The summed E-state index contributed by atoms with van der Waals surface area (Å²) in [5.74, 6) is 4.69. The summed E-state index contributed by atoms with van der Waals surface area (Å²) in [6.45, 7) is 4.58. The molecule has 1 aliphatic rings. The Kier molecular flexibility index (Phi) is 5.10. The van der Waals surface area contributed by atoms with Crippen LogP contribution in [0.3, 0.4) is 0 Å². The second-order valence-electron chi connectivity index (χ2n) is 5.54. The number of carbonyl (C=O) groups excluding carboxylic acids is 2. The average Bonchev–Trinajstić information content (AvgIpc) is 2.49. The van der Waals surface area contributed by atoms with Crippen LogP contribution >= 0.6 is 0 Å². The minimum atomic E-state index is -1.13. The summed E-state index contributed by atoms with van der Waals surface area (Å²) in [6.07, 6.45) is 2.58. The summed E-state index contributed by atoms with van der Waals surface area (Å²) in [4.78, 5) is 23.5. The predicted octanol–water partition coefficient (Wildman–Crippen LogP) is 2.76. The zero-order chi connectivity index (χ0) is 17.7. The van der Waals surface area contributed by atoms with Crippen molar-refractivity contribution in [1.82, 2.24) is 0 Å². The number of Topliss-reactive ketones (excluding diaryl/α,β-unsaturated/α-hetero) is 1. The molecule has 0 saturated heterocycles. The van der Waals surface area contributed by atoms with E-state index < -0.39 is 11.8 Å². The van der Waals surface area contributed by atoms with E-state index in [0.29, 0.717) is 0 Å². The van der Waals surface area contributed by atoms with E-state index in [0.717, 1.165) is 17.4 Å². The number of hydrogen-bond acceptors (Lipinski definition) is 5. The van der Waals surface area contributed by atoms with Crippen molar-refractivity contribution >= 4 is 11.8 Å². The lowest BCUT2D eigenvalue weighted by Gasteiger charge is -2.30. The molecule has 0 aromatic heterocycles. The number of cyclic esters (lactones) is 1. The van der Waals surface area contributed by atoms with Crippen molar-refractivity contribution in [3.63, 3.8) is 0 Å². The zero-order valence-electron chi connectivity index (χ0n) is 14.0. The number of ketones is 1. The van der Waals surface area contributed by atoms with Gasteiger partial charge in [-0.05, 0) is 31.2 Å². The quantitative estimate of drug-likeness (QED) is 0.485. The molecule has 1 heterocycles. The number of hydrogen-bond donors (Lipinski definition) is 0. The van der Waals surface area contributed by atoms with Crippen LogP contribution in [0.15, 0.2) is 47.7 Å². The summed E-state index contributed by atoms with van der Waals surface area (Å²) in [7, 11) is 1.59. The Morgan fingerprint density at radius 3 is 2.42 bits per heavy atom. The maximum atomic E-state index is 11.9. The molecular formula is C19H18O5. The van der Waals surface area contributed by atoms with Crippen LogP contribution < -0.4 is 4.74 Å². The van der Waals surface area contributed by atoms with Gasteiger partial charge in [0.05, 0.1) is 18.8 Å². The van der Waals surface area contributed by atoms with Crippen molar-refractivity contribution in [2.75, 3.05) is 7.11 Å². The van der Waals surface area contributed by atoms with Gasteiger partial charge < -0.3 is 14.2 Å². The maximum Gasteiger partial charge on any atom is 0.337 e. The molecule has 0 saturated carbocycles. The zero-order valence-corrected chi connectivity index (χ0v) is 14.0. The van der Waals surface area contributed by atoms with Gasteiger partial charge in [-0.15, -0.1) is 0 Å². The molecule has 0 spiro atoms. The third-order valence-electron chi connectivity index (χ3n) is 3.12. The minimum Gasteiger partial charge on any atom is -0.497 e. The number of esters is 1. The Labute approximate surface area is 140 Å². The molecule has 5 heteroatoms. The topological polar surface area (TPSA) is 61.8 Å². The molecule has 0 radical (unpaired) electrons. The van der Waals surface area contributed by atoms with Crippen LogP contribution in [0.25, 0.3) is 0 Å². The van der Waals surface area contributed by atoms with Gasteiger partial charge in [-0.1, -0.05) is 11.8 Å². The van der Waals surface area contributed by atoms with Crippen LogP contribution in [0.2, 0.25) is 0 Å². The first-order chi connectivity index (χ1) is 11.3. The Morgan fingerprint density at radius 2 is 1.88 bits per heavy atom. The highest BCUT2D eigenvalue weighted by Gasteiger charge is 2.32. The van der Waals surface area contributed by atoms with E-state index >= 15 is 0 Å². The van der Waals surface area contributed by atoms with E-state index in [1.165, 1.54) is 13.0 Å². The highest BCUT2D eigenvalue weighted by Crippen LogP contribution is 2.26. The lowest BCUT2D eigenvalue weighted by molar-refractivity contribution is -0.203. The molecule has 1 aromatic carbocycles. The van der Waals surface area contributed by atoms with Gasteiger partial charge in [-0.3, -0.25) is 4.79 Å². The van der Waals surface area contributed by atoms with E-state index in [2.05, 4.69) is 11.8 Å². The van der Waals surface area contributed by atoms with Crippen LogP contribution in [0, 0.1) is 11.8 Å². The first-order valence-electron chi connectivity index (χ1n) is 7.31. The van der Waals surface area contributed by atoms with Crippen molar-refractivity contribution in [2.45, 2.75) is 26.6 Å². The molecule has 0 N–H and O–H groups in total. The average molecular weight is 326 g/mol. The second kappa shape index (κ2) is 7.05. The molecular weight excluding hydrogens is 308 g/mol. The molecule has 5 nitrogen and oxygen atoms in total. The first-order valence-corrected chi connectivity index (χ1v) is 7.31. The van der Waals surface area contributed by atoms with E-state index in [1.54, 1.807) is 33.1 Å². The van der Waals surface area contributed by atoms with Gasteiger partial charge in [0.2, 0.25) is 5.79 Å². The molecule has 0 aliphatic carbocycles. The van der Waals surface area contributed by atoms with Crippen LogP contribution in [0.4, 0.5) is 0 Å². The lowest BCUT2D eigenvalue weighted by atomic mass is 10.1. The monoisotopic (exact) mass is 326 g/mol. The summed E-state index contributed by atoms with van der Waals surface area (Å²) in [5.41, 5.74) is 0.994. The molecule has 2 rings (SSSR count). The normalized spacial score (nSPS) is 16.1. The molecule has 0 atom stereocenters. The third-order valence-corrected chi connectivity index (χ3v) is 3.12. The molecule has 0 bridgehead atoms. The van der Waals surface area contributed by atoms with Gasteiger partial charge in [-0.2, -0.15) is 0 Å². The number of ether oxygens (including phenoxy) is 3. The number of allylic oxidation sites excluding steroid dienone is 2. The van der Waals surface area contributed by atoms with Crippen molar-refractivity contribution in [1.29, 1.82) is 0 Å². The molecule has 0 fully saturated rings. The number of rotatable bonds is 3. The fourth-order valence-electron chi connectivity index (χ4n) is 2.04. The molecule has 1 aromatic rings. The molecule has 0 amide bonds. The third kappa shape index (κ3) is 4.50. The SMILES string of the molecule is COc1ccc(C#C/C=C(/C(C)=O)C2=CC(=O)OC(C)(C)O2)cc1. The van der Waals surface area contributed by atoms with Crippen molar-refractivity contribution < 1.29 is 23.8 Å². The Balaban J connectivity index is 2.28. The molecule has 124 valence electrons. The van der Waals surface area contributed by atoms with Crippen molar-refractivity contribution in [3.8, 4) is 17.6 Å². The van der Waals surface area contributed by atoms with E-state index in [9.17, 15) is 9.59 Å². The summed E-state index contributed by atoms with van der Waals surface area (Å²) in [5, 5.41) is 0. The van der Waals surface area contributed by atoms with Crippen LogP contribution in [-0.4, -0.2) is 24.6 Å². The van der Waals surface area contributed by atoms with E-state index in [4.69, 9.17) is 14.2 Å². The highest BCUT2D eigenvalue weighted by atomic mass is 16.7. The summed E-state index contributed by atoms with van der Waals surface area (Å²) in [6, 6.07) is 7.21. The molecule has 1 aliphatic heterocycles. The smallest absolute Gasteiger partial charge is 0.337 e.